The Labute approximate surface area is 190 Å². The quantitative estimate of drug-likeness (QED) is 0.682. The van der Waals surface area contributed by atoms with Crippen LogP contribution in [0.2, 0.25) is 0 Å². The van der Waals surface area contributed by atoms with Crippen LogP contribution in [0.1, 0.15) is 36.7 Å². The topological polar surface area (TPSA) is 150 Å². The fourth-order valence-corrected chi connectivity index (χ4v) is 3.39. The number of primary amides is 1. The summed E-state index contributed by atoms with van der Waals surface area (Å²) in [6.45, 7) is 3.70. The second-order valence-corrected chi connectivity index (χ2v) is 8.46. The third kappa shape index (κ3) is 5.57. The lowest BCUT2D eigenvalue weighted by atomic mass is 9.93. The normalized spacial score (nSPS) is 18.2. The minimum absolute atomic E-state index is 0.0650. The molecule has 2 heterocycles. The maximum Gasteiger partial charge on any atom is 0.409 e. The molecule has 0 spiro atoms. The van der Waals surface area contributed by atoms with Gasteiger partial charge in [-0.1, -0.05) is 0 Å². The van der Waals surface area contributed by atoms with Crippen LogP contribution in [0, 0.1) is 39.8 Å². The van der Waals surface area contributed by atoms with Crippen LogP contribution in [0.4, 0.5) is 20.7 Å². The molecule has 3 rings (SSSR count). The number of rotatable bonds is 6. The third-order valence-corrected chi connectivity index (χ3v) is 5.31. The molecule has 1 aliphatic heterocycles. The Hall–Kier alpha value is -4.12. The number of nitrogens with two attached hydrogens (primary N) is 1. The van der Waals surface area contributed by atoms with Gasteiger partial charge < -0.3 is 20.7 Å². The number of ether oxygens (including phenoxy) is 1. The van der Waals surface area contributed by atoms with Gasteiger partial charge in [-0.2, -0.15) is 15.6 Å². The van der Waals surface area contributed by atoms with Gasteiger partial charge in [-0.3, -0.25) is 9.48 Å². The second-order valence-electron chi connectivity index (χ2n) is 8.46. The Kier molecular flexibility index (Phi) is 6.83. The van der Waals surface area contributed by atoms with E-state index < -0.39 is 35.2 Å². The molecule has 1 aromatic carbocycles. The molecule has 2 amide bonds. The summed E-state index contributed by atoms with van der Waals surface area (Å²) in [5, 5.41) is 26.1. The first-order valence-electron chi connectivity index (χ1n) is 10.3. The van der Waals surface area contributed by atoms with E-state index in [0.717, 1.165) is 0 Å². The predicted octanol–water partition coefficient (Wildman–Crippen LogP) is 2.94. The van der Waals surface area contributed by atoms with Crippen molar-refractivity contribution in [2.75, 3.05) is 25.0 Å². The molecule has 0 saturated carbocycles. The first-order chi connectivity index (χ1) is 15.6. The zero-order valence-electron chi connectivity index (χ0n) is 18.3. The van der Waals surface area contributed by atoms with Crippen LogP contribution in [0.5, 0.6) is 0 Å². The number of hydrogen-bond donors (Lipinski definition) is 2. The summed E-state index contributed by atoms with van der Waals surface area (Å²) < 4.78 is 19.9. The summed E-state index contributed by atoms with van der Waals surface area (Å²) in [6, 6.07) is 9.23. The Morgan fingerprint density at radius 2 is 2.03 bits per heavy atom. The summed E-state index contributed by atoms with van der Waals surface area (Å²) in [5.74, 6) is -1.46. The maximum atomic E-state index is 13.2. The predicted molar refractivity (Wildman–Crippen MR) is 115 cm³/mol. The number of amides is 2. The molecule has 1 aliphatic rings. The van der Waals surface area contributed by atoms with Crippen molar-refractivity contribution < 1.29 is 18.7 Å². The molecule has 172 valence electrons. The lowest BCUT2D eigenvalue weighted by Crippen LogP contribution is -2.45. The standard InChI is InChI=1S/C22H24FN7O3/c1-22(2,12-25)13-33-21(32)29-8-7-14(9-24)18(11-29)30-10-17(19(26)31)20(28-30)27-16-5-3-15(23)4-6-16/h3-6,10,14,18H,7-8,11,13H2,1-2H3,(H2,26,31)(H,27,28)/t14-,18+/m1/s1. The number of carbonyl (C=O) groups excluding carboxylic acids is 2. The van der Waals surface area contributed by atoms with Crippen molar-refractivity contribution in [1.29, 1.82) is 10.5 Å². The van der Waals surface area contributed by atoms with Crippen molar-refractivity contribution in [3.63, 3.8) is 0 Å². The fourth-order valence-electron chi connectivity index (χ4n) is 3.39. The van der Waals surface area contributed by atoms with Gasteiger partial charge in [-0.15, -0.1) is 0 Å². The zero-order valence-corrected chi connectivity index (χ0v) is 18.3. The Morgan fingerprint density at radius 3 is 2.64 bits per heavy atom. The van der Waals surface area contributed by atoms with Crippen LogP contribution >= 0.6 is 0 Å². The highest BCUT2D eigenvalue weighted by molar-refractivity contribution is 5.98. The van der Waals surface area contributed by atoms with E-state index in [4.69, 9.17) is 15.7 Å². The lowest BCUT2D eigenvalue weighted by molar-refractivity contribution is 0.0604. The first kappa shape index (κ1) is 23.5. The number of nitrogens with zero attached hydrogens (tertiary/aromatic N) is 5. The van der Waals surface area contributed by atoms with Gasteiger partial charge in [-0.05, 0) is 44.5 Å². The van der Waals surface area contributed by atoms with E-state index in [1.807, 2.05) is 0 Å². The summed E-state index contributed by atoms with van der Waals surface area (Å²) >= 11 is 0. The average molecular weight is 453 g/mol. The molecule has 0 bridgehead atoms. The van der Waals surface area contributed by atoms with Gasteiger partial charge in [0.25, 0.3) is 5.91 Å². The van der Waals surface area contributed by atoms with Crippen molar-refractivity contribution in [1.82, 2.24) is 14.7 Å². The average Bonchev–Trinajstić information content (AvgIpc) is 3.22. The molecule has 0 aliphatic carbocycles. The molecule has 0 unspecified atom stereocenters. The molecule has 2 aromatic rings. The molecule has 10 nitrogen and oxygen atoms in total. The lowest BCUT2D eigenvalue weighted by Gasteiger charge is -2.35. The molecule has 2 atom stereocenters. The van der Waals surface area contributed by atoms with Gasteiger partial charge >= 0.3 is 6.09 Å². The van der Waals surface area contributed by atoms with Gasteiger partial charge in [0.05, 0.1) is 29.5 Å². The number of nitrogens with one attached hydrogen (secondary N) is 1. The van der Waals surface area contributed by atoms with E-state index in [1.165, 1.54) is 40.0 Å². The van der Waals surface area contributed by atoms with Gasteiger partial charge in [0.2, 0.25) is 0 Å². The van der Waals surface area contributed by atoms with E-state index in [9.17, 15) is 19.2 Å². The smallest absolute Gasteiger partial charge is 0.409 e. The highest BCUT2D eigenvalue weighted by Gasteiger charge is 2.35. The number of benzene rings is 1. The third-order valence-electron chi connectivity index (χ3n) is 5.31. The molecule has 0 radical (unpaired) electrons. The molecular weight excluding hydrogens is 429 g/mol. The summed E-state index contributed by atoms with van der Waals surface area (Å²) in [6.07, 6.45) is 1.22. The number of halogens is 1. The van der Waals surface area contributed by atoms with Crippen LogP contribution in [-0.2, 0) is 4.74 Å². The fraction of sp³-hybridized carbons (Fsp3) is 0.409. The number of hydrogen-bond acceptors (Lipinski definition) is 7. The van der Waals surface area contributed by atoms with Crippen LogP contribution in [0.15, 0.2) is 30.5 Å². The molecule has 11 heteroatoms. The SMILES string of the molecule is CC(C)(C#N)COC(=O)N1CC[C@H](C#N)[C@@H](n2cc(C(N)=O)c(Nc3ccc(F)cc3)n2)C1. The zero-order chi connectivity index (χ0) is 24.2. The van der Waals surface area contributed by atoms with Crippen molar-refractivity contribution in [3.8, 4) is 12.1 Å². The van der Waals surface area contributed by atoms with Crippen LogP contribution in [0.25, 0.3) is 0 Å². The number of carbonyl (C=O) groups is 2. The Balaban J connectivity index is 1.82. The number of anilines is 2. The first-order valence-corrected chi connectivity index (χ1v) is 10.3. The maximum absolute atomic E-state index is 13.2. The summed E-state index contributed by atoms with van der Waals surface area (Å²) in [5.41, 5.74) is 5.27. The highest BCUT2D eigenvalue weighted by Crippen LogP contribution is 2.30. The van der Waals surface area contributed by atoms with Crippen molar-refractivity contribution in [2.45, 2.75) is 26.3 Å². The van der Waals surface area contributed by atoms with Gasteiger partial charge in [0, 0.05) is 25.0 Å². The van der Waals surface area contributed by atoms with E-state index >= 15 is 0 Å². The van der Waals surface area contributed by atoms with Crippen LogP contribution < -0.4 is 11.1 Å². The summed E-state index contributed by atoms with van der Waals surface area (Å²) in [4.78, 5) is 26.0. The molecule has 33 heavy (non-hydrogen) atoms. The molecule has 1 saturated heterocycles. The van der Waals surface area contributed by atoms with E-state index in [0.29, 0.717) is 18.7 Å². The van der Waals surface area contributed by atoms with Crippen LogP contribution in [-0.4, -0.2) is 46.4 Å². The largest absolute Gasteiger partial charge is 0.448 e. The number of aromatic nitrogens is 2. The number of likely N-dealkylation sites (tertiary alicyclic amines) is 1. The molecule has 1 aromatic heterocycles. The Morgan fingerprint density at radius 1 is 1.33 bits per heavy atom. The molecule has 3 N–H and O–H groups in total. The number of piperidine rings is 1. The number of nitriles is 2. The van der Waals surface area contributed by atoms with E-state index in [1.54, 1.807) is 13.8 Å². The minimum Gasteiger partial charge on any atom is -0.448 e. The Bertz CT molecular complexity index is 1110. The van der Waals surface area contributed by atoms with Crippen molar-refractivity contribution in [3.05, 3.63) is 41.8 Å². The van der Waals surface area contributed by atoms with Crippen molar-refractivity contribution >= 4 is 23.5 Å². The summed E-state index contributed by atoms with van der Waals surface area (Å²) in [7, 11) is 0. The van der Waals surface area contributed by atoms with Crippen molar-refractivity contribution in [2.24, 2.45) is 17.1 Å². The van der Waals surface area contributed by atoms with Gasteiger partial charge in [0.1, 0.15) is 18.0 Å². The monoisotopic (exact) mass is 453 g/mol. The highest BCUT2D eigenvalue weighted by atomic mass is 19.1. The van der Waals surface area contributed by atoms with E-state index in [2.05, 4.69) is 22.6 Å². The van der Waals surface area contributed by atoms with E-state index in [-0.39, 0.29) is 24.5 Å². The molecular formula is C22H24FN7O3. The van der Waals surface area contributed by atoms with Gasteiger partial charge in [0.15, 0.2) is 5.82 Å². The minimum atomic E-state index is -0.820. The van der Waals surface area contributed by atoms with Crippen LogP contribution in [0.3, 0.4) is 0 Å². The van der Waals surface area contributed by atoms with Gasteiger partial charge in [-0.25, -0.2) is 9.18 Å². The molecule has 1 fully saturated rings. The second kappa shape index (κ2) is 9.57.